The summed E-state index contributed by atoms with van der Waals surface area (Å²) in [6.45, 7) is 6.76. The van der Waals surface area contributed by atoms with Gasteiger partial charge in [-0.3, -0.25) is 4.79 Å². The van der Waals surface area contributed by atoms with Crippen LogP contribution in [0.4, 0.5) is 0 Å². The molecule has 2 nitrogen and oxygen atoms in total. The van der Waals surface area contributed by atoms with Crippen molar-refractivity contribution in [2.45, 2.75) is 57.8 Å². The first-order chi connectivity index (χ1) is 15.4. The van der Waals surface area contributed by atoms with Gasteiger partial charge in [-0.15, -0.1) is 0 Å². The average Bonchev–Trinajstić information content (AvgIpc) is 3.18. The fraction of sp³-hybridized carbons (Fsp3) is 0.500. The summed E-state index contributed by atoms with van der Waals surface area (Å²) >= 11 is 0. The third-order valence-electron chi connectivity index (χ3n) is 10.5. The first kappa shape index (κ1) is 20.3. The number of aryl methyl sites for hydroxylation is 1. The van der Waals surface area contributed by atoms with E-state index < -0.39 is 0 Å². The Balaban J connectivity index is 1.54. The van der Waals surface area contributed by atoms with Gasteiger partial charge in [0.25, 0.3) is 0 Å². The van der Waals surface area contributed by atoms with Crippen LogP contribution in [0.1, 0.15) is 62.6 Å². The highest BCUT2D eigenvalue weighted by Crippen LogP contribution is 2.81. The van der Waals surface area contributed by atoms with E-state index in [1.807, 2.05) is 6.92 Å². The average molecular weight is 427 g/mol. The van der Waals surface area contributed by atoms with Gasteiger partial charge in [0.2, 0.25) is 0 Å². The molecular weight excluding hydrogens is 392 g/mol. The van der Waals surface area contributed by atoms with Gasteiger partial charge < -0.3 is 4.74 Å². The quantitative estimate of drug-likeness (QED) is 0.524. The van der Waals surface area contributed by atoms with Gasteiger partial charge in [-0.05, 0) is 84.6 Å². The highest BCUT2D eigenvalue weighted by atomic mass is 16.5. The van der Waals surface area contributed by atoms with Crippen molar-refractivity contribution in [3.05, 3.63) is 77.4 Å². The number of benzene rings is 2. The van der Waals surface area contributed by atoms with Gasteiger partial charge in [0.15, 0.2) is 0 Å². The molecule has 2 aromatic rings. The maximum atomic E-state index is 13.3. The fourth-order valence-electron chi connectivity index (χ4n) is 9.43. The van der Waals surface area contributed by atoms with Crippen LogP contribution in [0, 0.1) is 28.6 Å². The Morgan fingerprint density at radius 1 is 1.06 bits per heavy atom. The Hall–Kier alpha value is -2.35. The van der Waals surface area contributed by atoms with E-state index in [-0.39, 0.29) is 22.2 Å². The van der Waals surface area contributed by atoms with Crippen molar-refractivity contribution < 1.29 is 9.53 Å². The molecule has 2 saturated carbocycles. The summed E-state index contributed by atoms with van der Waals surface area (Å²) in [7, 11) is 1.76. The Labute approximate surface area is 192 Å². The number of ketones is 1. The van der Waals surface area contributed by atoms with Crippen LogP contribution in [0.2, 0.25) is 0 Å². The van der Waals surface area contributed by atoms with Crippen LogP contribution < -0.4 is 4.74 Å². The molecule has 0 N–H and O–H groups in total. The highest BCUT2D eigenvalue weighted by molar-refractivity contribution is 5.83. The molecule has 2 aromatic carbocycles. The molecule has 32 heavy (non-hydrogen) atoms. The highest BCUT2D eigenvalue weighted by Gasteiger charge is 2.78. The topological polar surface area (TPSA) is 26.3 Å². The fourth-order valence-corrected chi connectivity index (χ4v) is 9.43. The van der Waals surface area contributed by atoms with E-state index in [1.54, 1.807) is 7.11 Å². The van der Waals surface area contributed by atoms with Crippen LogP contribution in [0.5, 0.6) is 5.75 Å². The number of hydrogen-bond donors (Lipinski definition) is 0. The minimum absolute atomic E-state index is 0.0518. The van der Waals surface area contributed by atoms with Crippen LogP contribution >= 0.6 is 0 Å². The van der Waals surface area contributed by atoms with Crippen molar-refractivity contribution >= 4 is 5.78 Å². The number of carbonyl (C=O) groups excluding carboxylic acids is 1. The molecule has 0 aromatic heterocycles. The Bertz CT molecular complexity index is 1120. The largest absolute Gasteiger partial charge is 0.497 e. The number of hydrogen-bond acceptors (Lipinski definition) is 2. The number of carbonyl (C=O) groups is 1. The lowest BCUT2D eigenvalue weighted by atomic mass is 9.45. The number of ether oxygens (including phenoxy) is 1. The number of fused-ring (bicyclic) bond motifs is 3. The molecule has 2 bridgehead atoms. The smallest absolute Gasteiger partial charge is 0.134 e. The molecule has 0 unspecified atom stereocenters. The summed E-state index contributed by atoms with van der Waals surface area (Å²) in [6, 6.07) is 17.7. The molecule has 0 spiro atoms. The predicted molar refractivity (Wildman–Crippen MR) is 128 cm³/mol. The van der Waals surface area contributed by atoms with Crippen molar-refractivity contribution in [3.63, 3.8) is 0 Å². The lowest BCUT2D eigenvalue weighted by Gasteiger charge is -2.58. The van der Waals surface area contributed by atoms with Crippen LogP contribution in [0.25, 0.3) is 0 Å². The molecular formula is C30H34O2. The molecule has 0 saturated heterocycles. The van der Waals surface area contributed by atoms with Crippen molar-refractivity contribution in [3.8, 4) is 5.75 Å². The number of methoxy groups -OCH3 is 1. The lowest BCUT2D eigenvalue weighted by molar-refractivity contribution is -0.123. The van der Waals surface area contributed by atoms with Gasteiger partial charge in [0.1, 0.15) is 11.5 Å². The molecule has 4 aliphatic carbocycles. The summed E-state index contributed by atoms with van der Waals surface area (Å²) in [5, 5.41) is 0. The first-order valence-corrected chi connectivity index (χ1v) is 12.3. The molecule has 0 amide bonds. The molecule has 4 aliphatic rings. The van der Waals surface area contributed by atoms with E-state index in [4.69, 9.17) is 4.74 Å². The molecule has 6 rings (SSSR count). The van der Waals surface area contributed by atoms with Crippen molar-refractivity contribution in [2.75, 3.05) is 7.11 Å². The second-order valence-corrected chi connectivity index (χ2v) is 11.1. The molecule has 0 aliphatic heterocycles. The van der Waals surface area contributed by atoms with Gasteiger partial charge in [0.05, 0.1) is 7.11 Å². The third kappa shape index (κ3) is 2.10. The summed E-state index contributed by atoms with van der Waals surface area (Å²) < 4.78 is 5.52. The minimum Gasteiger partial charge on any atom is -0.497 e. The van der Waals surface area contributed by atoms with Gasteiger partial charge in [0, 0.05) is 16.7 Å². The van der Waals surface area contributed by atoms with E-state index in [9.17, 15) is 4.79 Å². The molecule has 0 heterocycles. The maximum Gasteiger partial charge on any atom is 0.134 e. The summed E-state index contributed by atoms with van der Waals surface area (Å²) in [6.07, 6.45) is 9.75. The number of rotatable bonds is 3. The lowest BCUT2D eigenvalue weighted by Crippen LogP contribution is -2.53. The molecule has 2 heteroatoms. The summed E-state index contributed by atoms with van der Waals surface area (Å²) in [4.78, 5) is 13.3. The molecule has 166 valence electrons. The zero-order valence-corrected chi connectivity index (χ0v) is 19.7. The van der Waals surface area contributed by atoms with E-state index >= 15 is 0 Å². The third-order valence-corrected chi connectivity index (χ3v) is 10.5. The second kappa shape index (κ2) is 6.59. The molecule has 2 fully saturated rings. The second-order valence-electron chi connectivity index (χ2n) is 11.1. The normalized spacial score (nSPS) is 41.0. The standard InChI is InChI=1S/C30H34O2/c1-19-27(20(2)31)30(22-8-6-5-7-9-22)17-16-29(19)26-13-10-21-18-23(32-4)11-12-24(21)25(26)14-15-28(29,30)3/h5-9,11-12,16-19,25-27H,10,13-15H2,1-4H3/t19-,25+,26+,27+,28-,29-,30-/m0/s1. The van der Waals surface area contributed by atoms with Crippen molar-refractivity contribution in [2.24, 2.45) is 28.6 Å². The Kier molecular flexibility index (Phi) is 4.17. The monoisotopic (exact) mass is 426 g/mol. The van der Waals surface area contributed by atoms with Crippen LogP contribution in [-0.2, 0) is 16.6 Å². The number of Topliss-reactive ketones (excluding diaryl/α,β-unsaturated/α-hetero) is 1. The zero-order valence-electron chi connectivity index (χ0n) is 19.7. The van der Waals surface area contributed by atoms with E-state index in [0.29, 0.717) is 23.5 Å². The Morgan fingerprint density at radius 2 is 1.84 bits per heavy atom. The van der Waals surface area contributed by atoms with Crippen molar-refractivity contribution in [1.29, 1.82) is 0 Å². The van der Waals surface area contributed by atoms with Gasteiger partial charge in [-0.2, -0.15) is 0 Å². The molecule has 7 atom stereocenters. The SMILES string of the molecule is COc1ccc2c(c1)CC[C@@H]1[C@@H]2CC[C@@]2(C)[C@]13C=C[C@]2(c1ccccc1)[C@@H](C(C)=O)[C@@H]3C. The maximum absolute atomic E-state index is 13.3. The van der Waals surface area contributed by atoms with Gasteiger partial charge >= 0.3 is 0 Å². The predicted octanol–water partition coefficient (Wildman–Crippen LogP) is 6.49. The van der Waals surface area contributed by atoms with Crippen molar-refractivity contribution in [1.82, 2.24) is 0 Å². The van der Waals surface area contributed by atoms with Gasteiger partial charge in [-0.1, -0.05) is 62.4 Å². The Morgan fingerprint density at radius 3 is 2.56 bits per heavy atom. The summed E-state index contributed by atoms with van der Waals surface area (Å²) in [5.74, 6) is 2.89. The first-order valence-electron chi connectivity index (χ1n) is 12.3. The van der Waals surface area contributed by atoms with Crippen LogP contribution in [0.3, 0.4) is 0 Å². The van der Waals surface area contributed by atoms with Crippen LogP contribution in [-0.4, -0.2) is 12.9 Å². The minimum atomic E-state index is -0.190. The van der Waals surface area contributed by atoms with Crippen LogP contribution in [0.15, 0.2) is 60.7 Å². The summed E-state index contributed by atoms with van der Waals surface area (Å²) in [5.41, 5.74) is 4.29. The van der Waals surface area contributed by atoms with E-state index in [2.05, 4.69) is 74.5 Å². The van der Waals surface area contributed by atoms with Gasteiger partial charge in [-0.25, -0.2) is 0 Å². The zero-order chi connectivity index (χ0) is 22.3. The molecule has 0 radical (unpaired) electrons. The van der Waals surface area contributed by atoms with E-state index in [0.717, 1.165) is 18.6 Å². The number of allylic oxidation sites excluding steroid dienone is 2. The van der Waals surface area contributed by atoms with E-state index in [1.165, 1.54) is 29.5 Å².